The van der Waals surface area contributed by atoms with Gasteiger partial charge in [0, 0.05) is 67.3 Å². The zero-order chi connectivity index (χ0) is 43.5. The van der Waals surface area contributed by atoms with Crippen LogP contribution in [0.5, 0.6) is 0 Å². The number of halogens is 1. The molecule has 2 aliphatic heterocycles. The minimum Gasteiger partial charge on any atom is -0.462 e. The molecule has 3 aromatic carbocycles. The van der Waals surface area contributed by atoms with Gasteiger partial charge in [-0.15, -0.1) is 0 Å². The first-order chi connectivity index (χ1) is 29.4. The summed E-state index contributed by atoms with van der Waals surface area (Å²) in [6.45, 7) is 16.5. The lowest BCUT2D eigenvalue weighted by Gasteiger charge is -2.27. The normalized spacial score (nSPS) is 19.1. The third-order valence-electron chi connectivity index (χ3n) is 12.5. The van der Waals surface area contributed by atoms with Gasteiger partial charge < -0.3 is 23.8 Å². The lowest BCUT2D eigenvalue weighted by atomic mass is 9.76. The van der Waals surface area contributed by atoms with E-state index < -0.39 is 0 Å². The highest BCUT2D eigenvalue weighted by Gasteiger charge is 2.47. The van der Waals surface area contributed by atoms with Crippen molar-refractivity contribution in [2.45, 2.75) is 79.1 Å². The van der Waals surface area contributed by atoms with Crippen molar-refractivity contribution < 1.29 is 33.1 Å². The number of fused-ring (bicyclic) bond motifs is 5. The van der Waals surface area contributed by atoms with E-state index in [-0.39, 0.29) is 22.8 Å². The molecule has 0 unspecified atom stereocenters. The Hall–Kier alpha value is -5.02. The van der Waals surface area contributed by atoms with Gasteiger partial charge in [-0.2, -0.15) is 4.58 Å². The first kappa shape index (κ1) is 44.0. The van der Waals surface area contributed by atoms with Gasteiger partial charge in [-0.3, -0.25) is 0 Å². The number of carbonyl (C=O) groups is 2. The highest BCUT2D eigenvalue weighted by Crippen LogP contribution is 2.52. The van der Waals surface area contributed by atoms with E-state index >= 15 is 0 Å². The molecule has 4 aliphatic rings. The van der Waals surface area contributed by atoms with Crippen molar-refractivity contribution in [3.63, 3.8) is 0 Å². The van der Waals surface area contributed by atoms with Crippen molar-refractivity contribution in [2.75, 3.05) is 58.6 Å². The zero-order valence-electron chi connectivity index (χ0n) is 37.1. The van der Waals surface area contributed by atoms with Crippen LogP contribution in [0.3, 0.4) is 0 Å². The van der Waals surface area contributed by atoms with Gasteiger partial charge in [0.25, 0.3) is 0 Å². The quantitative estimate of drug-likeness (QED) is 0.0856. The molecule has 0 aromatic heterocycles. The van der Waals surface area contributed by atoms with Crippen LogP contribution in [-0.2, 0) is 24.4 Å². The monoisotopic (exact) mass is 843 g/mol. The van der Waals surface area contributed by atoms with Gasteiger partial charge >= 0.3 is 11.9 Å². The van der Waals surface area contributed by atoms with Crippen molar-refractivity contribution in [2.24, 2.45) is 5.41 Å². The second kappa shape index (κ2) is 18.5. The molecule has 0 N–H and O–H groups in total. The first-order valence-corrected chi connectivity index (χ1v) is 22.1. The lowest BCUT2D eigenvalue weighted by Crippen LogP contribution is -2.27. The summed E-state index contributed by atoms with van der Waals surface area (Å²) in [7, 11) is 3.50. The molecule has 0 radical (unpaired) electrons. The van der Waals surface area contributed by atoms with Crippen LogP contribution < -0.4 is 4.90 Å². The number of carbonyl (C=O) groups excluding carboxylic acids is 2. The molecule has 0 bridgehead atoms. The van der Waals surface area contributed by atoms with E-state index in [1.165, 1.54) is 33.9 Å². The van der Waals surface area contributed by atoms with E-state index in [0.717, 1.165) is 83.3 Å². The molecule has 9 heteroatoms. The summed E-state index contributed by atoms with van der Waals surface area (Å²) in [5, 5.41) is 2.95. The molecule has 0 fully saturated rings. The number of anilines is 1. The summed E-state index contributed by atoms with van der Waals surface area (Å²) in [5.41, 5.74) is 12.3. The third kappa shape index (κ3) is 8.47. The van der Waals surface area contributed by atoms with E-state index in [1.807, 2.05) is 38.1 Å². The fourth-order valence-corrected chi connectivity index (χ4v) is 10.0. The Bertz CT molecular complexity index is 2460. The Morgan fingerprint density at radius 2 is 1.54 bits per heavy atom. The minimum absolute atomic E-state index is 0.303. The van der Waals surface area contributed by atoms with Gasteiger partial charge in [0.1, 0.15) is 0 Å². The maximum Gasteiger partial charge on any atom is 0.338 e. The molecular formula is C52H60ClN2O6+. The summed E-state index contributed by atoms with van der Waals surface area (Å²) in [6, 6.07) is 16.1. The van der Waals surface area contributed by atoms with Crippen molar-refractivity contribution in [1.29, 1.82) is 0 Å². The van der Waals surface area contributed by atoms with Crippen LogP contribution in [0.2, 0.25) is 0 Å². The van der Waals surface area contributed by atoms with Crippen molar-refractivity contribution in [1.82, 2.24) is 0 Å². The number of rotatable bonds is 15. The van der Waals surface area contributed by atoms with Crippen molar-refractivity contribution >= 4 is 57.4 Å². The molecule has 0 saturated carbocycles. The molecule has 61 heavy (non-hydrogen) atoms. The van der Waals surface area contributed by atoms with Gasteiger partial charge in [0.05, 0.1) is 42.8 Å². The Morgan fingerprint density at radius 1 is 0.836 bits per heavy atom. The van der Waals surface area contributed by atoms with Crippen LogP contribution in [0.15, 0.2) is 106 Å². The standard InChI is InChI=1S/C52H60ClN2O6/c1-9-60-49(56)38-18-23-40-36(32-38)14-11-15-42-46(40)51(3,4)44(54(42)28-12-30-58-7)26-21-34-16-17-35(48(34)53)22-27-45-52(5,6)47-41-24-19-39(50(57)61-10-2)33-37(41)20-25-43(47)55(45)29-13-31-59-8/h11,14,18-27,32-33H,9-10,12-13,15-17,28-31H2,1-8H3/q+1. The number of ether oxygens (including phenoxy) is 4. The number of hydrogen-bond donors (Lipinski definition) is 0. The zero-order valence-corrected chi connectivity index (χ0v) is 37.8. The van der Waals surface area contributed by atoms with Gasteiger partial charge in [0.2, 0.25) is 0 Å². The van der Waals surface area contributed by atoms with Crippen LogP contribution in [0.25, 0.3) is 22.4 Å². The molecular weight excluding hydrogens is 784 g/mol. The average molecular weight is 845 g/mol. The summed E-state index contributed by atoms with van der Waals surface area (Å²) in [6.07, 6.45) is 17.6. The molecule has 3 aromatic rings. The second-order valence-corrected chi connectivity index (χ2v) is 17.5. The number of benzene rings is 3. The highest BCUT2D eigenvalue weighted by atomic mass is 35.5. The molecule has 8 nitrogen and oxygen atoms in total. The topological polar surface area (TPSA) is 77.3 Å². The predicted molar refractivity (Wildman–Crippen MR) is 248 cm³/mol. The molecule has 320 valence electrons. The smallest absolute Gasteiger partial charge is 0.338 e. The number of nitrogens with zero attached hydrogens (tertiary/aromatic N) is 2. The Kier molecular flexibility index (Phi) is 13.4. The van der Waals surface area contributed by atoms with Crippen molar-refractivity contribution in [3.05, 3.63) is 134 Å². The number of hydrogen-bond acceptors (Lipinski definition) is 7. The Morgan fingerprint density at radius 3 is 2.26 bits per heavy atom. The third-order valence-corrected chi connectivity index (χ3v) is 13.0. The molecule has 0 saturated heterocycles. The fraction of sp³-hybridized carbons (Fsp3) is 0.404. The van der Waals surface area contributed by atoms with Gasteiger partial charge in [-0.1, -0.05) is 68.0 Å². The summed E-state index contributed by atoms with van der Waals surface area (Å²) < 4.78 is 24.1. The van der Waals surface area contributed by atoms with Crippen molar-refractivity contribution in [3.8, 4) is 0 Å². The predicted octanol–water partition coefficient (Wildman–Crippen LogP) is 11.3. The number of esters is 2. The van der Waals surface area contributed by atoms with E-state index in [2.05, 4.69) is 97.9 Å². The summed E-state index contributed by atoms with van der Waals surface area (Å²) in [4.78, 5) is 27.7. The van der Waals surface area contributed by atoms with Gasteiger partial charge in [-0.25, -0.2) is 9.59 Å². The molecule has 2 heterocycles. The molecule has 2 aliphatic carbocycles. The van der Waals surface area contributed by atoms with Gasteiger partial charge in [-0.05, 0) is 122 Å². The number of allylic oxidation sites excluding steroid dienone is 10. The average Bonchev–Trinajstić information content (AvgIpc) is 3.69. The Labute approximate surface area is 366 Å². The lowest BCUT2D eigenvalue weighted by molar-refractivity contribution is -0.476. The van der Waals surface area contributed by atoms with E-state index in [1.54, 1.807) is 14.2 Å². The summed E-state index contributed by atoms with van der Waals surface area (Å²) >= 11 is 7.30. The highest BCUT2D eigenvalue weighted by molar-refractivity contribution is 6.33. The van der Waals surface area contributed by atoms with E-state index in [4.69, 9.17) is 30.5 Å². The van der Waals surface area contributed by atoms with Crippen LogP contribution in [-0.4, -0.2) is 76.0 Å². The van der Waals surface area contributed by atoms with Crippen LogP contribution >= 0.6 is 11.6 Å². The molecule has 0 atom stereocenters. The van der Waals surface area contributed by atoms with Gasteiger partial charge in [0.15, 0.2) is 18.0 Å². The maximum absolute atomic E-state index is 12.7. The fourth-order valence-electron chi connectivity index (χ4n) is 9.71. The molecule has 0 spiro atoms. The first-order valence-electron chi connectivity index (χ1n) is 21.7. The second-order valence-electron chi connectivity index (χ2n) is 17.1. The molecule has 0 amide bonds. The van der Waals surface area contributed by atoms with E-state index in [0.29, 0.717) is 37.6 Å². The molecule has 7 rings (SSSR count). The summed E-state index contributed by atoms with van der Waals surface area (Å²) in [5.74, 6) is -0.609. The van der Waals surface area contributed by atoms with E-state index in [9.17, 15) is 9.59 Å². The van der Waals surface area contributed by atoms with Crippen LogP contribution in [0, 0.1) is 5.41 Å². The van der Waals surface area contributed by atoms with Crippen LogP contribution in [0.4, 0.5) is 5.69 Å². The Balaban J connectivity index is 1.22. The SMILES string of the molecule is CCOC(=O)c1ccc2c(c1)C=CCC1=C2C(C)(C)C(/C=C/C2=C(Cl)C(=C/C=C3/N(CCCOC)c4ccc5cc(C(=O)OCC)ccc5c4C3(C)C)/CC2)=[N+]1CCCOC. The maximum atomic E-state index is 12.7. The van der Waals surface area contributed by atoms with Crippen LogP contribution in [0.1, 0.15) is 111 Å². The number of methoxy groups -OCH3 is 2. The largest absolute Gasteiger partial charge is 0.462 e. The minimum atomic E-state index is -0.321.